The molecule has 1 aromatic rings. The van der Waals surface area contributed by atoms with Crippen LogP contribution in [0.15, 0.2) is 24.3 Å². The Labute approximate surface area is 146 Å². The largest absolute Gasteiger partial charge is 0.497 e. The second-order valence-electron chi connectivity index (χ2n) is 5.73. The first-order valence-corrected chi connectivity index (χ1v) is 7.78. The van der Waals surface area contributed by atoms with E-state index in [2.05, 4.69) is 10.6 Å². The minimum atomic E-state index is -1.17. The summed E-state index contributed by atoms with van der Waals surface area (Å²) in [7, 11) is 2.77. The molecule has 0 saturated heterocycles. The van der Waals surface area contributed by atoms with Gasteiger partial charge in [0.1, 0.15) is 11.8 Å². The van der Waals surface area contributed by atoms with E-state index in [-0.39, 0.29) is 12.5 Å². The Hall–Kier alpha value is -2.61. The zero-order chi connectivity index (χ0) is 19.0. The zero-order valence-corrected chi connectivity index (χ0v) is 14.7. The molecular formula is C17H24N2O6. The van der Waals surface area contributed by atoms with E-state index in [1.165, 1.54) is 14.2 Å². The van der Waals surface area contributed by atoms with Crippen LogP contribution in [0.2, 0.25) is 0 Å². The molecule has 2 amide bonds. The summed E-state index contributed by atoms with van der Waals surface area (Å²) >= 11 is 0. The van der Waals surface area contributed by atoms with Gasteiger partial charge in [-0.25, -0.2) is 4.79 Å². The SMILES string of the molecule is COc1ccc(C(=O)NC(C(=O)NCC(OC)C(=O)O)C(C)C)cc1. The Bertz CT molecular complexity index is 600. The maximum atomic E-state index is 12.3. The molecule has 0 aliphatic rings. The smallest absolute Gasteiger partial charge is 0.334 e. The van der Waals surface area contributed by atoms with Crippen molar-refractivity contribution in [1.82, 2.24) is 10.6 Å². The molecule has 0 aromatic heterocycles. The molecule has 0 spiro atoms. The molecule has 138 valence electrons. The van der Waals surface area contributed by atoms with Gasteiger partial charge >= 0.3 is 5.97 Å². The lowest BCUT2D eigenvalue weighted by molar-refractivity contribution is -0.148. The summed E-state index contributed by atoms with van der Waals surface area (Å²) in [6.07, 6.45) is -1.14. The van der Waals surface area contributed by atoms with Crippen molar-refractivity contribution in [1.29, 1.82) is 0 Å². The number of aliphatic carboxylic acids is 1. The Kier molecular flexibility index (Phi) is 7.87. The van der Waals surface area contributed by atoms with Crippen LogP contribution in [0.5, 0.6) is 5.75 Å². The van der Waals surface area contributed by atoms with Crippen LogP contribution in [0.1, 0.15) is 24.2 Å². The Morgan fingerprint density at radius 3 is 2.16 bits per heavy atom. The summed E-state index contributed by atoms with van der Waals surface area (Å²) in [5.74, 6) is -1.62. The van der Waals surface area contributed by atoms with Crippen molar-refractivity contribution in [3.8, 4) is 5.75 Å². The van der Waals surface area contributed by atoms with Gasteiger partial charge in [-0.05, 0) is 30.2 Å². The lowest BCUT2D eigenvalue weighted by Crippen LogP contribution is -2.51. The third-order valence-electron chi connectivity index (χ3n) is 3.61. The van der Waals surface area contributed by atoms with Gasteiger partial charge in [-0.1, -0.05) is 13.8 Å². The lowest BCUT2D eigenvalue weighted by Gasteiger charge is -2.22. The fraction of sp³-hybridized carbons (Fsp3) is 0.471. The van der Waals surface area contributed by atoms with Gasteiger partial charge in [-0.15, -0.1) is 0 Å². The fourth-order valence-corrected chi connectivity index (χ4v) is 2.08. The highest BCUT2D eigenvalue weighted by Crippen LogP contribution is 2.12. The van der Waals surface area contributed by atoms with Crippen LogP contribution in [0.3, 0.4) is 0 Å². The predicted octanol–water partition coefficient (Wildman–Crippen LogP) is 0.665. The molecule has 2 atom stereocenters. The molecule has 1 rings (SSSR count). The highest BCUT2D eigenvalue weighted by atomic mass is 16.5. The van der Waals surface area contributed by atoms with E-state index < -0.39 is 29.9 Å². The van der Waals surface area contributed by atoms with E-state index in [1.807, 2.05) is 0 Å². The minimum Gasteiger partial charge on any atom is -0.497 e. The zero-order valence-electron chi connectivity index (χ0n) is 14.7. The van der Waals surface area contributed by atoms with Gasteiger partial charge in [0.25, 0.3) is 5.91 Å². The Morgan fingerprint density at radius 2 is 1.72 bits per heavy atom. The third kappa shape index (κ3) is 6.07. The lowest BCUT2D eigenvalue weighted by atomic mass is 10.0. The summed E-state index contributed by atoms with van der Waals surface area (Å²) in [6.45, 7) is 3.37. The molecule has 8 heteroatoms. The number of rotatable bonds is 9. The molecule has 0 aliphatic carbocycles. The maximum absolute atomic E-state index is 12.3. The molecule has 1 aromatic carbocycles. The third-order valence-corrected chi connectivity index (χ3v) is 3.61. The van der Waals surface area contributed by atoms with E-state index in [0.717, 1.165) is 0 Å². The monoisotopic (exact) mass is 352 g/mol. The summed E-state index contributed by atoms with van der Waals surface area (Å²) in [4.78, 5) is 35.5. The van der Waals surface area contributed by atoms with Gasteiger partial charge in [-0.3, -0.25) is 9.59 Å². The molecular weight excluding hydrogens is 328 g/mol. The van der Waals surface area contributed by atoms with Crippen LogP contribution < -0.4 is 15.4 Å². The van der Waals surface area contributed by atoms with Crippen molar-refractivity contribution in [2.45, 2.75) is 26.0 Å². The van der Waals surface area contributed by atoms with Crippen molar-refractivity contribution in [3.05, 3.63) is 29.8 Å². The summed E-state index contributed by atoms with van der Waals surface area (Å²) in [6, 6.07) is 5.68. The quantitative estimate of drug-likeness (QED) is 0.602. The number of benzene rings is 1. The fourth-order valence-electron chi connectivity index (χ4n) is 2.08. The normalized spacial score (nSPS) is 13.0. The van der Waals surface area contributed by atoms with Crippen LogP contribution in [0, 0.1) is 5.92 Å². The second-order valence-corrected chi connectivity index (χ2v) is 5.73. The molecule has 0 bridgehead atoms. The summed E-state index contributed by atoms with van der Waals surface area (Å²) in [5, 5.41) is 14.1. The van der Waals surface area contributed by atoms with Gasteiger partial charge in [0.05, 0.1) is 13.7 Å². The van der Waals surface area contributed by atoms with E-state index in [1.54, 1.807) is 38.1 Å². The molecule has 3 N–H and O–H groups in total. The Balaban J connectivity index is 2.73. The van der Waals surface area contributed by atoms with Crippen LogP contribution >= 0.6 is 0 Å². The van der Waals surface area contributed by atoms with Crippen molar-refractivity contribution >= 4 is 17.8 Å². The predicted molar refractivity (Wildman–Crippen MR) is 90.5 cm³/mol. The number of carbonyl (C=O) groups is 3. The average molecular weight is 352 g/mol. The van der Waals surface area contributed by atoms with Crippen LogP contribution in [0.25, 0.3) is 0 Å². The first-order chi connectivity index (χ1) is 11.8. The van der Waals surface area contributed by atoms with Crippen molar-refractivity contribution in [2.75, 3.05) is 20.8 Å². The van der Waals surface area contributed by atoms with Gasteiger partial charge in [0.2, 0.25) is 5.91 Å². The molecule has 25 heavy (non-hydrogen) atoms. The van der Waals surface area contributed by atoms with Crippen LogP contribution in [0.4, 0.5) is 0 Å². The molecule has 0 radical (unpaired) electrons. The van der Waals surface area contributed by atoms with Crippen LogP contribution in [-0.4, -0.2) is 55.8 Å². The number of carboxylic acid groups (broad SMARTS) is 1. The molecule has 0 heterocycles. The van der Waals surface area contributed by atoms with Crippen LogP contribution in [-0.2, 0) is 14.3 Å². The number of carbonyl (C=O) groups excluding carboxylic acids is 2. The van der Waals surface area contributed by atoms with Gasteiger partial charge in [-0.2, -0.15) is 0 Å². The molecule has 0 fully saturated rings. The summed E-state index contributed by atoms with van der Waals surface area (Å²) < 4.78 is 9.80. The minimum absolute atomic E-state index is 0.187. The number of hydrogen-bond donors (Lipinski definition) is 3. The first-order valence-electron chi connectivity index (χ1n) is 7.78. The topological polar surface area (TPSA) is 114 Å². The first kappa shape index (κ1) is 20.4. The molecule has 8 nitrogen and oxygen atoms in total. The number of nitrogens with one attached hydrogen (secondary N) is 2. The highest BCUT2D eigenvalue weighted by Gasteiger charge is 2.26. The molecule has 0 aliphatic heterocycles. The van der Waals surface area contributed by atoms with Gasteiger partial charge in [0, 0.05) is 12.7 Å². The number of ether oxygens (including phenoxy) is 2. The van der Waals surface area contributed by atoms with Crippen molar-refractivity contribution in [2.24, 2.45) is 5.92 Å². The van der Waals surface area contributed by atoms with Gasteiger partial charge < -0.3 is 25.2 Å². The number of amides is 2. The van der Waals surface area contributed by atoms with E-state index in [9.17, 15) is 14.4 Å². The van der Waals surface area contributed by atoms with Crippen molar-refractivity contribution < 1.29 is 29.0 Å². The highest BCUT2D eigenvalue weighted by molar-refractivity contribution is 5.97. The average Bonchev–Trinajstić information content (AvgIpc) is 2.59. The summed E-state index contributed by atoms with van der Waals surface area (Å²) in [5.41, 5.74) is 0.388. The van der Waals surface area contributed by atoms with E-state index >= 15 is 0 Å². The maximum Gasteiger partial charge on any atom is 0.334 e. The van der Waals surface area contributed by atoms with Gasteiger partial charge in [0.15, 0.2) is 6.10 Å². The number of hydrogen-bond acceptors (Lipinski definition) is 5. The molecule has 0 saturated carbocycles. The number of carboxylic acids is 1. The van der Waals surface area contributed by atoms with E-state index in [4.69, 9.17) is 14.6 Å². The van der Waals surface area contributed by atoms with E-state index in [0.29, 0.717) is 11.3 Å². The number of methoxy groups -OCH3 is 2. The second kappa shape index (κ2) is 9.63. The molecule has 2 unspecified atom stereocenters. The van der Waals surface area contributed by atoms with Crippen molar-refractivity contribution in [3.63, 3.8) is 0 Å². The Morgan fingerprint density at radius 1 is 1.12 bits per heavy atom. The standard InChI is InChI=1S/C17H24N2O6/c1-10(2)14(16(21)18-9-13(25-4)17(22)23)19-15(20)11-5-7-12(24-3)8-6-11/h5-8,10,13-14H,9H2,1-4H3,(H,18,21)(H,19,20)(H,22,23).